The standard InChI is InChI=1S/C19H24N4O6S/c1-9-16(30-10(2)21-9)17(25)20-7-12-15-14(28-19(3,4)29-15)11(8-27-12)23-6-5-13(24)22-18(23)26/h5-6,11-12,14-15H,7-8H2,1-4H3,(H,20,25)(H,22,24,26)/t11-,12-,14+,15-/m1/s1. The minimum Gasteiger partial charge on any atom is -0.371 e. The highest BCUT2D eigenvalue weighted by Crippen LogP contribution is 2.39. The molecule has 2 aliphatic rings. The van der Waals surface area contributed by atoms with Crippen LogP contribution in [0.25, 0.3) is 0 Å². The molecule has 0 saturated carbocycles. The molecule has 2 aromatic rings. The Morgan fingerprint density at radius 2 is 2.07 bits per heavy atom. The molecule has 11 heteroatoms. The van der Waals surface area contributed by atoms with E-state index < -0.39 is 41.4 Å². The summed E-state index contributed by atoms with van der Waals surface area (Å²) in [4.78, 5) is 43.3. The predicted molar refractivity (Wildman–Crippen MR) is 108 cm³/mol. The summed E-state index contributed by atoms with van der Waals surface area (Å²) in [6.07, 6.45) is -0.00337. The first-order valence-electron chi connectivity index (χ1n) is 9.65. The molecule has 0 spiro atoms. The number of aryl methyl sites for hydroxylation is 2. The number of ether oxygens (including phenoxy) is 3. The van der Waals surface area contributed by atoms with E-state index >= 15 is 0 Å². The van der Waals surface area contributed by atoms with Gasteiger partial charge < -0.3 is 19.5 Å². The Bertz CT molecular complexity index is 1070. The fourth-order valence-corrected chi connectivity index (χ4v) is 4.77. The first-order chi connectivity index (χ1) is 14.1. The third kappa shape index (κ3) is 3.97. The summed E-state index contributed by atoms with van der Waals surface area (Å²) in [5.41, 5.74) is -0.315. The molecule has 2 N–H and O–H groups in total. The van der Waals surface area contributed by atoms with Crippen molar-refractivity contribution in [1.29, 1.82) is 0 Å². The van der Waals surface area contributed by atoms with E-state index in [1.807, 2.05) is 6.92 Å². The molecule has 0 unspecified atom stereocenters. The number of carbonyl (C=O) groups is 1. The lowest BCUT2D eigenvalue weighted by molar-refractivity contribution is -0.153. The van der Waals surface area contributed by atoms with Gasteiger partial charge in [0, 0.05) is 18.8 Å². The van der Waals surface area contributed by atoms with Crippen LogP contribution in [0.5, 0.6) is 0 Å². The second-order valence-corrected chi connectivity index (χ2v) is 9.08. The molecule has 2 saturated heterocycles. The fraction of sp³-hybridized carbons (Fsp3) is 0.579. The molecule has 4 atom stereocenters. The Kier molecular flexibility index (Phi) is 5.39. The molecule has 162 valence electrons. The summed E-state index contributed by atoms with van der Waals surface area (Å²) in [5.74, 6) is -1.09. The minimum atomic E-state index is -0.874. The third-order valence-electron chi connectivity index (χ3n) is 5.17. The Hall–Kier alpha value is -2.34. The molecule has 2 fully saturated rings. The molecule has 2 aromatic heterocycles. The lowest BCUT2D eigenvalue weighted by Gasteiger charge is -2.37. The SMILES string of the molecule is Cc1nc(C)c(C(=O)NC[C@H]2OC[C@@H](n3ccc(=O)[nH]c3=O)[C@@H]3OC(C)(C)O[C@@H]32)s1. The Morgan fingerprint density at radius 1 is 1.33 bits per heavy atom. The quantitative estimate of drug-likeness (QED) is 0.715. The number of H-pyrrole nitrogens is 1. The molecule has 30 heavy (non-hydrogen) atoms. The van der Waals surface area contributed by atoms with E-state index in [-0.39, 0.29) is 19.1 Å². The third-order valence-corrected chi connectivity index (χ3v) is 6.24. The van der Waals surface area contributed by atoms with Crippen LogP contribution in [0.3, 0.4) is 0 Å². The molecule has 1 amide bonds. The van der Waals surface area contributed by atoms with Gasteiger partial charge in [-0.25, -0.2) is 9.78 Å². The van der Waals surface area contributed by atoms with Gasteiger partial charge in [-0.05, 0) is 27.7 Å². The van der Waals surface area contributed by atoms with Gasteiger partial charge in [0.05, 0.1) is 23.4 Å². The number of fused-ring (bicyclic) bond motifs is 1. The smallest absolute Gasteiger partial charge is 0.328 e. The molecular formula is C19H24N4O6S. The van der Waals surface area contributed by atoms with Crippen LogP contribution in [-0.2, 0) is 14.2 Å². The van der Waals surface area contributed by atoms with Crippen LogP contribution in [0.15, 0.2) is 21.9 Å². The Morgan fingerprint density at radius 3 is 2.73 bits per heavy atom. The number of amides is 1. The normalized spacial score (nSPS) is 27.6. The average Bonchev–Trinajstić information content (AvgIpc) is 3.17. The van der Waals surface area contributed by atoms with Crippen molar-refractivity contribution in [3.63, 3.8) is 0 Å². The molecule has 4 rings (SSSR count). The lowest BCUT2D eigenvalue weighted by atomic mass is 9.97. The van der Waals surface area contributed by atoms with Crippen molar-refractivity contribution >= 4 is 17.2 Å². The summed E-state index contributed by atoms with van der Waals surface area (Å²) >= 11 is 1.34. The maximum atomic E-state index is 12.6. The molecule has 0 bridgehead atoms. The van der Waals surface area contributed by atoms with Crippen molar-refractivity contribution in [2.75, 3.05) is 13.2 Å². The van der Waals surface area contributed by atoms with Gasteiger partial charge in [0.15, 0.2) is 5.79 Å². The Balaban J connectivity index is 1.52. The van der Waals surface area contributed by atoms with Gasteiger partial charge in [-0.3, -0.25) is 19.1 Å². The second-order valence-electron chi connectivity index (χ2n) is 7.88. The van der Waals surface area contributed by atoms with Crippen molar-refractivity contribution in [3.8, 4) is 0 Å². The average molecular weight is 436 g/mol. The van der Waals surface area contributed by atoms with Crippen LogP contribution in [-0.4, -0.2) is 57.7 Å². The molecule has 0 aromatic carbocycles. The van der Waals surface area contributed by atoms with Gasteiger partial charge >= 0.3 is 5.69 Å². The van der Waals surface area contributed by atoms with Crippen LogP contribution in [0.1, 0.15) is 40.3 Å². The van der Waals surface area contributed by atoms with Gasteiger partial charge in [0.1, 0.15) is 23.2 Å². The number of thiazole rings is 1. The maximum absolute atomic E-state index is 12.6. The van der Waals surface area contributed by atoms with E-state index in [0.717, 1.165) is 5.01 Å². The van der Waals surface area contributed by atoms with Gasteiger partial charge in [-0.15, -0.1) is 11.3 Å². The second kappa shape index (κ2) is 7.73. The lowest BCUT2D eigenvalue weighted by Crippen LogP contribution is -2.54. The highest BCUT2D eigenvalue weighted by Gasteiger charge is 2.52. The van der Waals surface area contributed by atoms with Crippen LogP contribution >= 0.6 is 11.3 Å². The molecule has 2 aliphatic heterocycles. The zero-order valence-corrected chi connectivity index (χ0v) is 17.9. The van der Waals surface area contributed by atoms with E-state index in [1.54, 1.807) is 20.8 Å². The highest BCUT2D eigenvalue weighted by atomic mass is 32.1. The van der Waals surface area contributed by atoms with Gasteiger partial charge in [-0.1, -0.05) is 0 Å². The number of nitrogens with one attached hydrogen (secondary N) is 2. The van der Waals surface area contributed by atoms with Crippen LogP contribution in [0, 0.1) is 13.8 Å². The molecule has 0 aliphatic carbocycles. The summed E-state index contributed by atoms with van der Waals surface area (Å²) < 4.78 is 19.5. The summed E-state index contributed by atoms with van der Waals surface area (Å²) in [6, 6.07) is 0.808. The minimum absolute atomic E-state index is 0.172. The van der Waals surface area contributed by atoms with Crippen LogP contribution in [0.4, 0.5) is 0 Å². The Labute approximate surface area is 176 Å². The number of carbonyl (C=O) groups excluding carboxylic acids is 1. The largest absolute Gasteiger partial charge is 0.371 e. The number of rotatable bonds is 4. The van der Waals surface area contributed by atoms with E-state index in [4.69, 9.17) is 14.2 Å². The first-order valence-corrected chi connectivity index (χ1v) is 10.5. The maximum Gasteiger partial charge on any atom is 0.328 e. The van der Waals surface area contributed by atoms with Gasteiger partial charge in [0.2, 0.25) is 0 Å². The van der Waals surface area contributed by atoms with Crippen LogP contribution < -0.4 is 16.6 Å². The number of hydrogen-bond donors (Lipinski definition) is 2. The van der Waals surface area contributed by atoms with E-state index in [2.05, 4.69) is 15.3 Å². The summed E-state index contributed by atoms with van der Waals surface area (Å²) in [7, 11) is 0. The first kappa shape index (κ1) is 20.9. The van der Waals surface area contributed by atoms with Crippen molar-refractivity contribution in [2.45, 2.75) is 57.8 Å². The summed E-state index contributed by atoms with van der Waals surface area (Å²) in [6.45, 7) is 7.63. The van der Waals surface area contributed by atoms with Crippen molar-refractivity contribution < 1.29 is 19.0 Å². The van der Waals surface area contributed by atoms with E-state index in [1.165, 1.54) is 28.2 Å². The van der Waals surface area contributed by atoms with Gasteiger partial charge in [-0.2, -0.15) is 0 Å². The fourth-order valence-electron chi connectivity index (χ4n) is 3.93. The van der Waals surface area contributed by atoms with Crippen LogP contribution in [0.2, 0.25) is 0 Å². The molecular weight excluding hydrogens is 412 g/mol. The van der Waals surface area contributed by atoms with E-state index in [0.29, 0.717) is 10.6 Å². The van der Waals surface area contributed by atoms with Crippen molar-refractivity contribution in [2.24, 2.45) is 0 Å². The monoisotopic (exact) mass is 436 g/mol. The predicted octanol–water partition coefficient (Wildman–Crippen LogP) is 0.500. The number of nitrogens with zero attached hydrogens (tertiary/aromatic N) is 2. The molecule has 10 nitrogen and oxygen atoms in total. The van der Waals surface area contributed by atoms with Crippen molar-refractivity contribution in [3.05, 3.63) is 48.7 Å². The summed E-state index contributed by atoms with van der Waals surface area (Å²) in [5, 5.41) is 3.72. The highest BCUT2D eigenvalue weighted by molar-refractivity contribution is 7.13. The van der Waals surface area contributed by atoms with E-state index in [9.17, 15) is 14.4 Å². The number of aromatic nitrogens is 3. The van der Waals surface area contributed by atoms with Gasteiger partial charge in [0.25, 0.3) is 11.5 Å². The number of aromatic amines is 1. The topological polar surface area (TPSA) is 125 Å². The zero-order chi connectivity index (χ0) is 21.6. The number of hydrogen-bond acceptors (Lipinski definition) is 8. The molecule has 4 heterocycles. The van der Waals surface area contributed by atoms with Crippen molar-refractivity contribution in [1.82, 2.24) is 19.9 Å². The zero-order valence-electron chi connectivity index (χ0n) is 17.1. The molecule has 0 radical (unpaired) electrons.